The molecule has 1 aromatic rings. The minimum absolute atomic E-state index is 0.611. The summed E-state index contributed by atoms with van der Waals surface area (Å²) in [4.78, 5) is 13.5. The maximum atomic E-state index is 11.5. The Morgan fingerprint density at radius 2 is 1.86 bits per heavy atom. The van der Waals surface area contributed by atoms with Crippen LogP contribution in [0, 0.1) is 0 Å². The number of hydrogen-bond donors (Lipinski definition) is 0. The first-order chi connectivity index (χ1) is 9.73. The maximum absolute atomic E-state index is 11.5. The number of carbonyl (C=O) groups excluding carboxylic acids is 1. The van der Waals surface area contributed by atoms with Gasteiger partial charge in [0, 0.05) is 31.7 Å². The van der Waals surface area contributed by atoms with E-state index in [1.807, 2.05) is 43.3 Å². The summed E-state index contributed by atoms with van der Waals surface area (Å²) < 4.78 is 3.71. The van der Waals surface area contributed by atoms with E-state index in [-0.39, 0.29) is 0 Å². The molecule has 0 saturated carbocycles. The van der Waals surface area contributed by atoms with Gasteiger partial charge in [0.25, 0.3) is 3.12 Å². The van der Waals surface area contributed by atoms with Crippen LogP contribution < -0.4 is 4.90 Å². The van der Waals surface area contributed by atoms with Gasteiger partial charge in [-0.3, -0.25) is 0 Å². The third-order valence-electron chi connectivity index (χ3n) is 2.24. The van der Waals surface area contributed by atoms with Gasteiger partial charge in [-0.25, -0.2) is 4.79 Å². The summed E-state index contributed by atoms with van der Waals surface area (Å²) in [6, 6.07) is 7.56. The Kier molecular flexibility index (Phi) is 6.93. The predicted octanol–water partition coefficient (Wildman–Crippen LogP) is 4.13. The summed E-state index contributed by atoms with van der Waals surface area (Å²) in [7, 11) is 5.11. The highest BCUT2D eigenvalue weighted by Gasteiger charge is 2.29. The predicted molar refractivity (Wildman–Crippen MR) is 90.5 cm³/mol. The van der Waals surface area contributed by atoms with Gasteiger partial charge >= 0.3 is 6.09 Å². The summed E-state index contributed by atoms with van der Waals surface area (Å²) in [5.41, 5.74) is 1.84. The van der Waals surface area contributed by atoms with E-state index in [4.69, 9.17) is 34.8 Å². The van der Waals surface area contributed by atoms with E-state index < -0.39 is 9.22 Å². The molecule has 21 heavy (non-hydrogen) atoms. The Morgan fingerprint density at radius 3 is 2.29 bits per heavy atom. The number of ether oxygens (including phenoxy) is 1. The van der Waals surface area contributed by atoms with Crippen LogP contribution in [0.3, 0.4) is 0 Å². The molecule has 0 bridgehead atoms. The Morgan fingerprint density at radius 1 is 1.29 bits per heavy atom. The summed E-state index contributed by atoms with van der Waals surface area (Å²) >= 11 is 17.5. The zero-order valence-electron chi connectivity index (χ0n) is 11.6. The van der Waals surface area contributed by atoms with Gasteiger partial charge in [0.05, 0.1) is 13.3 Å². The Bertz CT molecular complexity index is 503. The van der Waals surface area contributed by atoms with Crippen molar-refractivity contribution in [1.82, 2.24) is 4.41 Å². The van der Waals surface area contributed by atoms with Gasteiger partial charge in [-0.05, 0) is 17.7 Å². The van der Waals surface area contributed by atoms with Crippen LogP contribution in [0.4, 0.5) is 10.5 Å². The van der Waals surface area contributed by atoms with E-state index in [9.17, 15) is 4.79 Å². The SMILES string of the molecule is COC(=O)N(N=Cc1ccc(N(C)C)cc1)SC(Cl)(Cl)Cl. The van der Waals surface area contributed by atoms with E-state index in [1.165, 1.54) is 13.3 Å². The largest absolute Gasteiger partial charge is 0.451 e. The standard InChI is InChI=1S/C12H14Cl3N3O2S/c1-17(2)10-6-4-9(5-7-10)8-16-18(11(19)20-3)21-12(13,14)15/h4-8H,1-3H3. The van der Waals surface area contributed by atoms with Crippen molar-refractivity contribution < 1.29 is 9.53 Å². The molecule has 0 fully saturated rings. The Balaban J connectivity index is 2.84. The molecule has 0 aliphatic rings. The van der Waals surface area contributed by atoms with E-state index in [2.05, 4.69) is 9.84 Å². The minimum atomic E-state index is -1.72. The lowest BCUT2D eigenvalue weighted by atomic mass is 10.2. The van der Waals surface area contributed by atoms with Gasteiger partial charge in [0.15, 0.2) is 0 Å². The van der Waals surface area contributed by atoms with Gasteiger partial charge < -0.3 is 9.64 Å². The molecule has 0 spiro atoms. The highest BCUT2D eigenvalue weighted by molar-refractivity contribution is 8.03. The van der Waals surface area contributed by atoms with Gasteiger partial charge in [0.1, 0.15) is 0 Å². The normalized spacial score (nSPS) is 11.5. The molecule has 0 atom stereocenters. The van der Waals surface area contributed by atoms with Gasteiger partial charge in [-0.2, -0.15) is 5.10 Å². The molecule has 0 N–H and O–H groups in total. The van der Waals surface area contributed by atoms with Crippen molar-refractivity contribution in [2.45, 2.75) is 3.12 Å². The van der Waals surface area contributed by atoms with Gasteiger partial charge in [0.2, 0.25) is 0 Å². The molecule has 5 nitrogen and oxygen atoms in total. The molecule has 9 heteroatoms. The minimum Gasteiger partial charge on any atom is -0.451 e. The van der Waals surface area contributed by atoms with Crippen molar-refractivity contribution in [3.05, 3.63) is 29.8 Å². The molecular weight excluding hydrogens is 357 g/mol. The molecule has 0 aliphatic carbocycles. The zero-order chi connectivity index (χ0) is 16.0. The second-order valence-corrected chi connectivity index (χ2v) is 8.10. The van der Waals surface area contributed by atoms with E-state index >= 15 is 0 Å². The lowest BCUT2D eigenvalue weighted by molar-refractivity contribution is 0.153. The average Bonchev–Trinajstić information content (AvgIpc) is 2.41. The monoisotopic (exact) mass is 369 g/mol. The number of hydrogen-bond acceptors (Lipinski definition) is 5. The second kappa shape index (κ2) is 7.98. The number of halogens is 3. The van der Waals surface area contributed by atoms with E-state index in [1.54, 1.807) is 0 Å². The lowest BCUT2D eigenvalue weighted by Gasteiger charge is -2.18. The van der Waals surface area contributed by atoms with Crippen LogP contribution in [0.5, 0.6) is 0 Å². The van der Waals surface area contributed by atoms with Gasteiger partial charge in [-0.1, -0.05) is 46.9 Å². The molecule has 1 amide bonds. The molecule has 0 saturated heterocycles. The van der Waals surface area contributed by atoms with Crippen LogP contribution in [0.2, 0.25) is 0 Å². The number of alkyl halides is 3. The molecular formula is C12H14Cl3N3O2S. The Labute approximate surface area is 142 Å². The number of benzene rings is 1. The van der Waals surface area contributed by atoms with E-state index in [0.717, 1.165) is 15.7 Å². The summed E-state index contributed by atoms with van der Waals surface area (Å²) in [5, 5.41) is 3.95. The average molecular weight is 371 g/mol. The fraction of sp³-hybridized carbons (Fsp3) is 0.333. The van der Waals surface area contributed by atoms with Gasteiger partial charge in [-0.15, -0.1) is 4.41 Å². The molecule has 0 aliphatic heterocycles. The fourth-order valence-electron chi connectivity index (χ4n) is 1.26. The van der Waals surface area contributed by atoms with Crippen LogP contribution in [-0.2, 0) is 4.74 Å². The van der Waals surface area contributed by atoms with Crippen molar-refractivity contribution >= 4 is 64.7 Å². The number of rotatable bonds is 4. The van der Waals surface area contributed by atoms with Crippen molar-refractivity contribution in [3.8, 4) is 0 Å². The molecule has 0 heterocycles. The van der Waals surface area contributed by atoms with E-state index in [0.29, 0.717) is 11.9 Å². The first-order valence-electron chi connectivity index (χ1n) is 5.68. The van der Waals surface area contributed by atoms with Crippen LogP contribution in [0.25, 0.3) is 0 Å². The molecule has 1 rings (SSSR count). The maximum Gasteiger partial charge on any atom is 0.440 e. The van der Waals surface area contributed by atoms with Crippen molar-refractivity contribution in [1.29, 1.82) is 0 Å². The quantitative estimate of drug-likeness (QED) is 0.346. The molecule has 0 radical (unpaired) electrons. The van der Waals surface area contributed by atoms with Crippen molar-refractivity contribution in [3.63, 3.8) is 0 Å². The van der Waals surface area contributed by atoms with Crippen LogP contribution in [-0.4, -0.2) is 41.1 Å². The summed E-state index contributed by atoms with van der Waals surface area (Å²) in [6.45, 7) is 0. The summed E-state index contributed by atoms with van der Waals surface area (Å²) in [5.74, 6) is 0. The summed E-state index contributed by atoms with van der Waals surface area (Å²) in [6.07, 6.45) is 0.729. The highest BCUT2D eigenvalue weighted by atomic mass is 35.6. The van der Waals surface area contributed by atoms with Crippen molar-refractivity contribution in [2.75, 3.05) is 26.1 Å². The molecule has 116 valence electrons. The fourth-order valence-corrected chi connectivity index (χ4v) is 2.29. The Hall–Kier alpha value is -0.820. The van der Waals surface area contributed by atoms with Crippen LogP contribution >= 0.6 is 46.8 Å². The smallest absolute Gasteiger partial charge is 0.440 e. The topological polar surface area (TPSA) is 45.1 Å². The molecule has 0 unspecified atom stereocenters. The van der Waals surface area contributed by atoms with Crippen molar-refractivity contribution in [2.24, 2.45) is 5.10 Å². The van der Waals surface area contributed by atoms with Crippen LogP contribution in [0.1, 0.15) is 5.56 Å². The first kappa shape index (κ1) is 18.2. The third kappa shape index (κ3) is 6.65. The number of nitrogens with zero attached hydrogens (tertiary/aromatic N) is 3. The molecule has 0 aromatic heterocycles. The third-order valence-corrected chi connectivity index (χ3v) is 3.49. The first-order valence-corrected chi connectivity index (χ1v) is 7.59. The number of hydrazone groups is 1. The number of anilines is 1. The number of carbonyl (C=O) groups is 1. The highest BCUT2D eigenvalue weighted by Crippen LogP contribution is 2.41. The van der Waals surface area contributed by atoms with Crippen LogP contribution in [0.15, 0.2) is 29.4 Å². The lowest BCUT2D eigenvalue weighted by Crippen LogP contribution is -2.22. The second-order valence-electron chi connectivity index (χ2n) is 4.01. The number of methoxy groups -OCH3 is 1. The molecule has 1 aromatic carbocycles. The zero-order valence-corrected chi connectivity index (χ0v) is 14.7. The number of amides is 1.